The number of nitriles is 2. The number of aliphatic carboxylic acids is 1. The monoisotopic (exact) mass is 851 g/mol. The predicted octanol–water partition coefficient (Wildman–Crippen LogP) is 7.21. The van der Waals surface area contributed by atoms with Crippen LogP contribution in [0.15, 0.2) is 84.9 Å². The van der Waals surface area contributed by atoms with E-state index in [1.165, 1.54) is 40.8 Å². The molecule has 2 fully saturated rings. The van der Waals surface area contributed by atoms with Gasteiger partial charge in [-0.1, -0.05) is 47.5 Å². The summed E-state index contributed by atoms with van der Waals surface area (Å²) in [4.78, 5) is 33.0. The minimum Gasteiger partial charge on any atom is -0.481 e. The molecular formula is C52H66N8O3. The van der Waals surface area contributed by atoms with E-state index in [0.717, 1.165) is 122 Å². The van der Waals surface area contributed by atoms with Crippen LogP contribution in [0.4, 0.5) is 11.4 Å². The molecule has 11 heteroatoms. The summed E-state index contributed by atoms with van der Waals surface area (Å²) in [6, 6.07) is 32.8. The lowest BCUT2D eigenvalue weighted by Gasteiger charge is -2.34. The summed E-state index contributed by atoms with van der Waals surface area (Å²) in [5, 5.41) is 29.9. The average molecular weight is 851 g/mol. The Bertz CT molecular complexity index is 2190. The SMILES string of the molecule is Cc1ccc2c(c1)CCN(CCCN)C2.Cc1ccc2c(c1)CCN(CCCNC(=O)C1CCCN(c3ccc(C#N)cc3)C1)C2.N#Cc1ccc(N2CCCC(C(=O)O)C2)cc1. The van der Waals surface area contributed by atoms with E-state index in [-0.39, 0.29) is 17.7 Å². The van der Waals surface area contributed by atoms with E-state index in [1.807, 2.05) is 36.4 Å². The van der Waals surface area contributed by atoms with E-state index in [0.29, 0.717) is 17.7 Å². The van der Waals surface area contributed by atoms with Gasteiger partial charge in [0.25, 0.3) is 0 Å². The number of aryl methyl sites for hydroxylation is 2. The fraction of sp³-hybridized carbons (Fsp3) is 0.462. The van der Waals surface area contributed by atoms with Gasteiger partial charge in [-0.05, 0) is 149 Å². The normalized spacial score (nSPS) is 18.5. The van der Waals surface area contributed by atoms with Gasteiger partial charge in [-0.2, -0.15) is 10.5 Å². The number of nitrogens with two attached hydrogens (primary N) is 1. The van der Waals surface area contributed by atoms with Gasteiger partial charge >= 0.3 is 5.97 Å². The lowest BCUT2D eigenvalue weighted by molar-refractivity contribution is -0.142. The van der Waals surface area contributed by atoms with Crippen molar-refractivity contribution in [2.24, 2.45) is 17.6 Å². The smallest absolute Gasteiger partial charge is 0.308 e. The lowest BCUT2D eigenvalue weighted by Crippen LogP contribution is -2.43. The van der Waals surface area contributed by atoms with Crippen LogP contribution in [0.1, 0.15) is 83.0 Å². The van der Waals surface area contributed by atoms with Gasteiger partial charge < -0.3 is 26.0 Å². The number of carboxylic acids is 1. The van der Waals surface area contributed by atoms with Crippen molar-refractivity contribution in [2.75, 3.05) is 75.2 Å². The number of carbonyl (C=O) groups is 2. The first kappa shape index (κ1) is 46.8. The summed E-state index contributed by atoms with van der Waals surface area (Å²) >= 11 is 0. The van der Waals surface area contributed by atoms with Crippen LogP contribution < -0.4 is 20.9 Å². The van der Waals surface area contributed by atoms with Gasteiger partial charge in [0.05, 0.1) is 35.1 Å². The van der Waals surface area contributed by atoms with Crippen molar-refractivity contribution >= 4 is 23.3 Å². The van der Waals surface area contributed by atoms with E-state index >= 15 is 0 Å². The summed E-state index contributed by atoms with van der Waals surface area (Å²) < 4.78 is 0. The second-order valence-electron chi connectivity index (χ2n) is 17.6. The zero-order valence-corrected chi connectivity index (χ0v) is 37.4. The number of rotatable bonds is 11. The van der Waals surface area contributed by atoms with Crippen LogP contribution in [-0.4, -0.2) is 92.2 Å². The minimum atomic E-state index is -0.719. The molecule has 2 atom stereocenters. The van der Waals surface area contributed by atoms with Crippen LogP contribution in [0.5, 0.6) is 0 Å². The van der Waals surface area contributed by atoms with Gasteiger partial charge in [0.15, 0.2) is 0 Å². The summed E-state index contributed by atoms with van der Waals surface area (Å²) in [7, 11) is 0. The Morgan fingerprint density at radius 3 is 1.62 bits per heavy atom. The summed E-state index contributed by atoms with van der Waals surface area (Å²) in [5.41, 5.74) is 17.6. The first-order valence-electron chi connectivity index (χ1n) is 22.9. The van der Waals surface area contributed by atoms with Crippen LogP contribution in [0.25, 0.3) is 0 Å². The molecule has 63 heavy (non-hydrogen) atoms. The highest BCUT2D eigenvalue weighted by atomic mass is 16.4. The Morgan fingerprint density at radius 2 is 1.14 bits per heavy atom. The third-order valence-electron chi connectivity index (χ3n) is 12.8. The number of amides is 1. The van der Waals surface area contributed by atoms with Crippen LogP contribution in [0.3, 0.4) is 0 Å². The Morgan fingerprint density at radius 1 is 0.667 bits per heavy atom. The molecule has 2 unspecified atom stereocenters. The Labute approximate surface area is 375 Å². The van der Waals surface area contributed by atoms with E-state index in [9.17, 15) is 9.59 Å². The molecule has 8 rings (SSSR count). The maximum absolute atomic E-state index is 12.7. The second-order valence-corrected chi connectivity index (χ2v) is 17.6. The number of piperidine rings is 2. The largest absolute Gasteiger partial charge is 0.481 e. The average Bonchev–Trinajstić information content (AvgIpc) is 3.32. The quantitative estimate of drug-likeness (QED) is 0.132. The third-order valence-corrected chi connectivity index (χ3v) is 12.8. The van der Waals surface area contributed by atoms with Crippen molar-refractivity contribution in [3.63, 3.8) is 0 Å². The van der Waals surface area contributed by atoms with E-state index in [4.69, 9.17) is 21.4 Å². The highest BCUT2D eigenvalue weighted by molar-refractivity contribution is 5.79. The van der Waals surface area contributed by atoms with Crippen molar-refractivity contribution in [1.82, 2.24) is 15.1 Å². The second kappa shape index (κ2) is 23.6. The molecule has 1 amide bonds. The number of hydrogen-bond donors (Lipinski definition) is 3. The van der Waals surface area contributed by atoms with E-state index in [1.54, 1.807) is 17.7 Å². The van der Waals surface area contributed by atoms with Gasteiger partial charge in [-0.25, -0.2) is 0 Å². The highest BCUT2D eigenvalue weighted by Gasteiger charge is 2.27. The first-order valence-corrected chi connectivity index (χ1v) is 22.9. The van der Waals surface area contributed by atoms with Crippen LogP contribution >= 0.6 is 0 Å². The Hall–Kier alpha value is -5.72. The molecule has 332 valence electrons. The zero-order valence-electron chi connectivity index (χ0n) is 37.4. The maximum Gasteiger partial charge on any atom is 0.308 e. The highest BCUT2D eigenvalue weighted by Crippen LogP contribution is 2.26. The van der Waals surface area contributed by atoms with E-state index in [2.05, 4.69) is 87.3 Å². The van der Waals surface area contributed by atoms with Gasteiger partial charge in [0.2, 0.25) is 5.91 Å². The number of fused-ring (bicyclic) bond motifs is 2. The van der Waals surface area contributed by atoms with Crippen LogP contribution in [-0.2, 0) is 35.5 Å². The molecule has 4 aliphatic heterocycles. The van der Waals surface area contributed by atoms with E-state index < -0.39 is 5.97 Å². The summed E-state index contributed by atoms with van der Waals surface area (Å²) in [6.07, 6.45) is 8.03. The Balaban J connectivity index is 0.000000174. The standard InChI is InChI=1S/C26H32N4O.C13H14N2O2.C13H20N2/c1-20-5-8-23-18-29(15-11-22(23)16-20)13-3-12-28-26(31)24-4-2-14-30(19-24)25-9-6-21(17-27)7-10-25;14-8-10-3-5-12(6-4-10)15-7-1-2-11(9-15)13(16)17;1-11-3-4-13-10-15(7-2-6-14)8-5-12(13)9-11/h5-10,16,24H,2-4,11-15,18-19H2,1H3,(H,28,31);3-6,11H,1-2,7,9H2,(H,16,17);3-4,9H,2,5-8,10,14H2,1H3. The fourth-order valence-electron chi connectivity index (χ4n) is 9.17. The molecule has 0 radical (unpaired) electrons. The number of carboxylic acid groups (broad SMARTS) is 1. The van der Waals surface area contributed by atoms with Crippen molar-refractivity contribution in [3.05, 3.63) is 129 Å². The van der Waals surface area contributed by atoms with Gasteiger partial charge in [-0.3, -0.25) is 19.4 Å². The molecule has 0 bridgehead atoms. The van der Waals surface area contributed by atoms with Crippen LogP contribution in [0.2, 0.25) is 0 Å². The lowest BCUT2D eigenvalue weighted by atomic mass is 9.96. The number of anilines is 2. The molecule has 2 saturated heterocycles. The number of benzene rings is 4. The van der Waals surface area contributed by atoms with Crippen molar-refractivity contribution < 1.29 is 14.7 Å². The van der Waals surface area contributed by atoms with Gasteiger partial charge in [0.1, 0.15) is 0 Å². The molecule has 0 saturated carbocycles. The number of hydrogen-bond acceptors (Lipinski definition) is 9. The van der Waals surface area contributed by atoms with Gasteiger partial charge in [0, 0.05) is 76.8 Å². The number of nitrogens with zero attached hydrogens (tertiary/aromatic N) is 6. The molecule has 4 heterocycles. The van der Waals surface area contributed by atoms with Crippen molar-refractivity contribution in [1.29, 1.82) is 10.5 Å². The predicted molar refractivity (Wildman–Crippen MR) is 251 cm³/mol. The molecule has 0 spiro atoms. The molecule has 0 aliphatic carbocycles. The maximum atomic E-state index is 12.7. The minimum absolute atomic E-state index is 0.0366. The molecule has 11 nitrogen and oxygen atoms in total. The van der Waals surface area contributed by atoms with Gasteiger partial charge in [-0.15, -0.1) is 0 Å². The summed E-state index contributed by atoms with van der Waals surface area (Å²) in [5.74, 6) is -0.782. The van der Waals surface area contributed by atoms with Crippen molar-refractivity contribution in [3.8, 4) is 12.1 Å². The molecular weight excluding hydrogens is 785 g/mol. The zero-order chi connectivity index (χ0) is 44.6. The first-order chi connectivity index (χ1) is 30.6. The molecule has 4 aromatic rings. The summed E-state index contributed by atoms with van der Waals surface area (Å²) in [6.45, 7) is 15.6. The molecule has 4 N–H and O–H groups in total. The van der Waals surface area contributed by atoms with Crippen molar-refractivity contribution in [2.45, 2.75) is 78.3 Å². The fourth-order valence-corrected chi connectivity index (χ4v) is 9.17. The topological polar surface area (TPSA) is 153 Å². The molecule has 0 aromatic heterocycles. The van der Waals surface area contributed by atoms with Crippen LogP contribution in [0, 0.1) is 48.3 Å². The number of carbonyl (C=O) groups excluding carboxylic acids is 1. The Kier molecular flexibility index (Phi) is 17.6. The molecule has 4 aromatic carbocycles. The third kappa shape index (κ3) is 13.9. The number of nitrogens with one attached hydrogen (secondary N) is 1. The molecule has 4 aliphatic rings.